The largest absolute Gasteiger partial charge is 0.378 e. The smallest absolute Gasteiger partial charge is 0.0605 e. The summed E-state index contributed by atoms with van der Waals surface area (Å²) < 4.78 is 6.40. The van der Waals surface area contributed by atoms with Gasteiger partial charge in [0.15, 0.2) is 0 Å². The van der Waals surface area contributed by atoms with Crippen molar-refractivity contribution in [1.82, 2.24) is 10.2 Å². The van der Waals surface area contributed by atoms with Crippen LogP contribution in [0.1, 0.15) is 150 Å². The molecule has 1 saturated heterocycles. The quantitative estimate of drug-likeness (QED) is 0.153. The second-order valence-corrected chi connectivity index (χ2v) is 12.2. The van der Waals surface area contributed by atoms with E-state index in [1.807, 2.05) is 0 Å². The number of nitrogens with one attached hydrogen (secondary N) is 1. The first-order chi connectivity index (χ1) is 17.2. The monoisotopic (exact) mass is 493 g/mol. The summed E-state index contributed by atoms with van der Waals surface area (Å²) >= 11 is 0. The van der Waals surface area contributed by atoms with Crippen LogP contribution in [-0.4, -0.2) is 49.3 Å². The molecule has 0 bridgehead atoms. The fourth-order valence-electron chi connectivity index (χ4n) is 6.33. The Kier molecular flexibility index (Phi) is 17.7. The van der Waals surface area contributed by atoms with Gasteiger partial charge in [-0.2, -0.15) is 0 Å². The minimum absolute atomic E-state index is 0.523. The molecule has 0 aromatic rings. The van der Waals surface area contributed by atoms with E-state index in [-0.39, 0.29) is 0 Å². The van der Waals surface area contributed by atoms with Gasteiger partial charge in [-0.1, -0.05) is 98.3 Å². The molecule has 1 saturated carbocycles. The van der Waals surface area contributed by atoms with E-state index in [1.165, 1.54) is 142 Å². The fraction of sp³-hybridized carbons (Fsp3) is 1.00. The van der Waals surface area contributed by atoms with E-state index in [9.17, 15) is 0 Å². The van der Waals surface area contributed by atoms with Crippen molar-refractivity contribution in [2.75, 3.05) is 26.2 Å². The molecule has 1 heterocycles. The number of hydrogen-bond donors (Lipinski definition) is 1. The summed E-state index contributed by atoms with van der Waals surface area (Å²) in [6, 6.07) is 1.45. The molecule has 1 atom stereocenters. The van der Waals surface area contributed by atoms with E-state index in [2.05, 4.69) is 37.9 Å². The number of unbranched alkanes of at least 4 members (excludes halogenated alkanes) is 7. The Hall–Kier alpha value is -0.120. The number of hydrogen-bond acceptors (Lipinski definition) is 3. The molecule has 0 spiro atoms. The Morgan fingerprint density at radius 3 is 1.91 bits per heavy atom. The van der Waals surface area contributed by atoms with Crippen molar-refractivity contribution in [1.29, 1.82) is 0 Å². The molecule has 1 unspecified atom stereocenters. The van der Waals surface area contributed by atoms with Crippen LogP contribution in [0.4, 0.5) is 0 Å². The first-order valence-corrected chi connectivity index (χ1v) is 16.3. The topological polar surface area (TPSA) is 24.5 Å². The van der Waals surface area contributed by atoms with Crippen molar-refractivity contribution in [2.45, 2.75) is 168 Å². The number of likely N-dealkylation sites (tertiary alicyclic amines) is 1. The molecule has 2 rings (SSSR count). The summed E-state index contributed by atoms with van der Waals surface area (Å²) in [6.45, 7) is 14.3. The van der Waals surface area contributed by atoms with Crippen LogP contribution in [0.25, 0.3) is 0 Å². The van der Waals surface area contributed by atoms with Crippen LogP contribution in [0.5, 0.6) is 0 Å². The predicted octanol–water partition coefficient (Wildman–Crippen LogP) is 8.75. The Balaban J connectivity index is 1.56. The summed E-state index contributed by atoms with van der Waals surface area (Å²) in [6.07, 6.45) is 26.5. The Morgan fingerprint density at radius 2 is 1.31 bits per heavy atom. The molecule has 35 heavy (non-hydrogen) atoms. The molecule has 2 aliphatic rings. The molecule has 1 aliphatic carbocycles. The summed E-state index contributed by atoms with van der Waals surface area (Å²) in [5, 5.41) is 4.01. The van der Waals surface area contributed by atoms with Gasteiger partial charge < -0.3 is 15.0 Å². The SMILES string of the molecule is CCCCCCC(CCC)CN1CCC(COC2CC(NC(CCCCC)CCCCC)C2)CC1. The van der Waals surface area contributed by atoms with Crippen LogP contribution in [0, 0.1) is 11.8 Å². The van der Waals surface area contributed by atoms with Gasteiger partial charge in [0, 0.05) is 25.2 Å². The molecule has 1 aliphatic heterocycles. The van der Waals surface area contributed by atoms with E-state index >= 15 is 0 Å². The van der Waals surface area contributed by atoms with Crippen molar-refractivity contribution in [2.24, 2.45) is 11.8 Å². The zero-order chi connectivity index (χ0) is 25.1. The Labute approximate surface area is 220 Å². The maximum Gasteiger partial charge on any atom is 0.0605 e. The van der Waals surface area contributed by atoms with Gasteiger partial charge in [0.05, 0.1) is 6.10 Å². The number of rotatable bonds is 22. The molecule has 0 aromatic carbocycles. The van der Waals surface area contributed by atoms with E-state index in [1.54, 1.807) is 0 Å². The Morgan fingerprint density at radius 1 is 0.714 bits per heavy atom. The molecule has 208 valence electrons. The van der Waals surface area contributed by atoms with Gasteiger partial charge >= 0.3 is 0 Å². The second-order valence-electron chi connectivity index (χ2n) is 12.2. The van der Waals surface area contributed by atoms with Crippen LogP contribution in [-0.2, 0) is 4.74 Å². The standard InChI is InChI=1S/C32H64N2O/c1-5-9-12-15-17-28(16-8-4)26-34-22-20-29(21-23-34)27-35-32-24-31(25-32)33-30(18-13-10-6-2)19-14-11-7-3/h28-33H,5-27H2,1-4H3. The van der Waals surface area contributed by atoms with Crippen molar-refractivity contribution in [3.63, 3.8) is 0 Å². The van der Waals surface area contributed by atoms with Crippen molar-refractivity contribution in [3.05, 3.63) is 0 Å². The highest BCUT2D eigenvalue weighted by atomic mass is 16.5. The summed E-state index contributed by atoms with van der Waals surface area (Å²) in [7, 11) is 0. The van der Waals surface area contributed by atoms with Crippen LogP contribution in [0.2, 0.25) is 0 Å². The van der Waals surface area contributed by atoms with Gasteiger partial charge in [-0.25, -0.2) is 0 Å². The molecule has 0 radical (unpaired) electrons. The number of nitrogens with zero attached hydrogens (tertiary/aromatic N) is 1. The fourth-order valence-corrected chi connectivity index (χ4v) is 6.33. The lowest BCUT2D eigenvalue weighted by molar-refractivity contribution is -0.0430. The van der Waals surface area contributed by atoms with Crippen LogP contribution in [0.15, 0.2) is 0 Å². The zero-order valence-corrected chi connectivity index (χ0v) is 24.5. The highest BCUT2D eigenvalue weighted by Crippen LogP contribution is 2.28. The van der Waals surface area contributed by atoms with Crippen LogP contribution >= 0.6 is 0 Å². The lowest BCUT2D eigenvalue weighted by atomic mass is 9.87. The van der Waals surface area contributed by atoms with E-state index < -0.39 is 0 Å². The van der Waals surface area contributed by atoms with Gasteiger partial charge in [0.1, 0.15) is 0 Å². The average molecular weight is 493 g/mol. The van der Waals surface area contributed by atoms with Gasteiger partial charge in [-0.15, -0.1) is 0 Å². The van der Waals surface area contributed by atoms with Crippen molar-refractivity contribution < 1.29 is 4.74 Å². The average Bonchev–Trinajstić information content (AvgIpc) is 2.84. The predicted molar refractivity (Wildman–Crippen MR) is 154 cm³/mol. The van der Waals surface area contributed by atoms with Crippen molar-refractivity contribution in [3.8, 4) is 0 Å². The molecular weight excluding hydrogens is 428 g/mol. The summed E-state index contributed by atoms with van der Waals surface area (Å²) in [5.41, 5.74) is 0. The van der Waals surface area contributed by atoms with Crippen LogP contribution < -0.4 is 5.32 Å². The van der Waals surface area contributed by atoms with E-state index in [4.69, 9.17) is 4.74 Å². The number of piperidine rings is 1. The molecule has 0 amide bonds. The second kappa shape index (κ2) is 19.9. The van der Waals surface area contributed by atoms with E-state index in [0.717, 1.165) is 24.5 Å². The van der Waals surface area contributed by atoms with Crippen LogP contribution in [0.3, 0.4) is 0 Å². The third-order valence-corrected chi connectivity index (χ3v) is 8.83. The Bertz CT molecular complexity index is 460. The normalized spacial score (nSPS) is 22.5. The minimum atomic E-state index is 0.523. The van der Waals surface area contributed by atoms with Crippen molar-refractivity contribution >= 4 is 0 Å². The molecule has 0 aromatic heterocycles. The maximum absolute atomic E-state index is 6.40. The van der Waals surface area contributed by atoms with Gasteiger partial charge in [-0.05, 0) is 76.3 Å². The molecule has 3 nitrogen and oxygen atoms in total. The summed E-state index contributed by atoms with van der Waals surface area (Å²) in [4.78, 5) is 2.77. The maximum atomic E-state index is 6.40. The lowest BCUT2D eigenvalue weighted by Gasteiger charge is -2.40. The van der Waals surface area contributed by atoms with E-state index in [0.29, 0.717) is 12.1 Å². The van der Waals surface area contributed by atoms with Gasteiger partial charge in [0.25, 0.3) is 0 Å². The molecule has 3 heteroatoms. The first-order valence-electron chi connectivity index (χ1n) is 16.3. The number of ether oxygens (including phenoxy) is 1. The summed E-state index contributed by atoms with van der Waals surface area (Å²) in [5.74, 6) is 1.72. The highest BCUT2D eigenvalue weighted by Gasteiger charge is 2.32. The first kappa shape index (κ1) is 31.1. The molecule has 1 N–H and O–H groups in total. The third kappa shape index (κ3) is 13.8. The lowest BCUT2D eigenvalue weighted by Crippen LogP contribution is -2.50. The van der Waals surface area contributed by atoms with Gasteiger partial charge in [0.2, 0.25) is 0 Å². The highest BCUT2D eigenvalue weighted by molar-refractivity contribution is 4.89. The van der Waals surface area contributed by atoms with Gasteiger partial charge in [-0.3, -0.25) is 0 Å². The minimum Gasteiger partial charge on any atom is -0.378 e. The molecule has 2 fully saturated rings. The zero-order valence-electron chi connectivity index (χ0n) is 24.5. The molecular formula is C32H64N2O. The third-order valence-electron chi connectivity index (χ3n) is 8.83.